The van der Waals surface area contributed by atoms with Crippen molar-refractivity contribution in [2.45, 2.75) is 25.3 Å². The maximum atomic E-state index is 12.6. The highest BCUT2D eigenvalue weighted by Crippen LogP contribution is 2.25. The van der Waals surface area contributed by atoms with Crippen molar-refractivity contribution in [2.75, 3.05) is 19.7 Å². The number of likely N-dealkylation sites (tertiary alicyclic amines) is 1. The van der Waals surface area contributed by atoms with Crippen molar-refractivity contribution < 1.29 is 9.53 Å². The first-order valence-corrected chi connectivity index (χ1v) is 9.17. The number of carbonyl (C=O) groups excluding carboxylic acids is 1. The molecule has 1 saturated heterocycles. The lowest BCUT2D eigenvalue weighted by Crippen LogP contribution is -2.41. The first kappa shape index (κ1) is 16.6. The molecule has 26 heavy (non-hydrogen) atoms. The van der Waals surface area contributed by atoms with E-state index in [0.29, 0.717) is 19.1 Å². The number of imidazole rings is 1. The highest BCUT2D eigenvalue weighted by molar-refractivity contribution is 5.88. The van der Waals surface area contributed by atoms with Crippen molar-refractivity contribution >= 4 is 16.7 Å². The normalized spacial score (nSPS) is 17.4. The Hall–Kier alpha value is -2.82. The highest BCUT2D eigenvalue weighted by atomic mass is 16.5. The Morgan fingerprint density at radius 1 is 1.19 bits per heavy atom. The Balaban J connectivity index is 1.33. The molecule has 0 spiro atoms. The van der Waals surface area contributed by atoms with Crippen LogP contribution in [-0.2, 0) is 4.79 Å². The van der Waals surface area contributed by atoms with Gasteiger partial charge in [0.25, 0.3) is 0 Å². The van der Waals surface area contributed by atoms with Crippen LogP contribution in [-0.4, -0.2) is 40.1 Å². The van der Waals surface area contributed by atoms with Gasteiger partial charge < -0.3 is 14.2 Å². The summed E-state index contributed by atoms with van der Waals surface area (Å²) in [7, 11) is 0. The predicted molar refractivity (Wildman–Crippen MR) is 101 cm³/mol. The molecule has 1 aliphatic heterocycles. The summed E-state index contributed by atoms with van der Waals surface area (Å²) >= 11 is 0. The van der Waals surface area contributed by atoms with E-state index in [0.717, 1.165) is 42.5 Å². The lowest BCUT2D eigenvalue weighted by Gasteiger charge is -2.33. The fourth-order valence-corrected chi connectivity index (χ4v) is 3.64. The van der Waals surface area contributed by atoms with Crippen LogP contribution in [0.15, 0.2) is 61.2 Å². The second kappa shape index (κ2) is 7.60. The summed E-state index contributed by atoms with van der Waals surface area (Å²) in [4.78, 5) is 18.7. The van der Waals surface area contributed by atoms with E-state index in [4.69, 9.17) is 4.74 Å². The molecule has 0 unspecified atom stereocenters. The van der Waals surface area contributed by atoms with Crippen molar-refractivity contribution in [3.63, 3.8) is 0 Å². The molecule has 1 aliphatic rings. The third-order valence-corrected chi connectivity index (χ3v) is 5.02. The van der Waals surface area contributed by atoms with Gasteiger partial charge in [0.1, 0.15) is 5.75 Å². The Morgan fingerprint density at radius 2 is 2.08 bits per heavy atom. The zero-order chi connectivity index (χ0) is 17.8. The maximum Gasteiger partial charge on any atom is 0.226 e. The van der Waals surface area contributed by atoms with Crippen molar-refractivity contribution in [1.29, 1.82) is 0 Å². The van der Waals surface area contributed by atoms with E-state index >= 15 is 0 Å². The van der Waals surface area contributed by atoms with E-state index in [1.165, 1.54) is 0 Å². The number of nitrogens with zero attached hydrogens (tertiary/aromatic N) is 3. The topological polar surface area (TPSA) is 47.4 Å². The van der Waals surface area contributed by atoms with Gasteiger partial charge in [-0.05, 0) is 24.3 Å². The molecular formula is C21H23N3O2. The van der Waals surface area contributed by atoms with Crippen LogP contribution in [0.2, 0.25) is 0 Å². The smallest absolute Gasteiger partial charge is 0.226 e. The summed E-state index contributed by atoms with van der Waals surface area (Å²) < 4.78 is 8.02. The van der Waals surface area contributed by atoms with E-state index < -0.39 is 0 Å². The van der Waals surface area contributed by atoms with Crippen molar-refractivity contribution in [1.82, 2.24) is 14.5 Å². The largest absolute Gasteiger partial charge is 0.492 e. The first-order valence-electron chi connectivity index (χ1n) is 9.17. The quantitative estimate of drug-likeness (QED) is 0.706. The van der Waals surface area contributed by atoms with Crippen LogP contribution >= 0.6 is 0 Å². The molecule has 1 amide bonds. The predicted octanol–water partition coefficient (Wildman–Crippen LogP) is 3.67. The summed E-state index contributed by atoms with van der Waals surface area (Å²) in [6, 6.07) is 14.5. The zero-order valence-electron chi connectivity index (χ0n) is 14.8. The minimum absolute atomic E-state index is 0.162. The highest BCUT2D eigenvalue weighted by Gasteiger charge is 2.24. The molecule has 1 aromatic heterocycles. The molecule has 4 rings (SSSR count). The Kier molecular flexibility index (Phi) is 4.86. The lowest BCUT2D eigenvalue weighted by molar-refractivity contribution is -0.133. The molecule has 0 aliphatic carbocycles. The summed E-state index contributed by atoms with van der Waals surface area (Å²) in [5, 5.41) is 2.23. The van der Waals surface area contributed by atoms with E-state index in [-0.39, 0.29) is 5.91 Å². The van der Waals surface area contributed by atoms with Crippen LogP contribution in [0.3, 0.4) is 0 Å². The molecule has 1 fully saturated rings. The summed E-state index contributed by atoms with van der Waals surface area (Å²) in [5.41, 5.74) is 0. The van der Waals surface area contributed by atoms with Crippen LogP contribution < -0.4 is 4.74 Å². The maximum absolute atomic E-state index is 12.6. The molecule has 5 heteroatoms. The number of amides is 1. The van der Waals surface area contributed by atoms with E-state index in [1.54, 1.807) is 6.20 Å². The van der Waals surface area contributed by atoms with Gasteiger partial charge in [0.15, 0.2) is 0 Å². The number of hydrogen-bond donors (Lipinski definition) is 0. The monoisotopic (exact) mass is 349 g/mol. The zero-order valence-corrected chi connectivity index (χ0v) is 14.8. The number of fused-ring (bicyclic) bond motifs is 1. The van der Waals surface area contributed by atoms with Crippen molar-refractivity contribution in [3.8, 4) is 5.75 Å². The van der Waals surface area contributed by atoms with Gasteiger partial charge in [0.05, 0.1) is 25.4 Å². The van der Waals surface area contributed by atoms with Crippen LogP contribution in [0.5, 0.6) is 5.75 Å². The third-order valence-electron chi connectivity index (χ3n) is 5.02. The van der Waals surface area contributed by atoms with Crippen LogP contribution in [0.1, 0.15) is 25.3 Å². The van der Waals surface area contributed by atoms with Crippen LogP contribution in [0.4, 0.5) is 0 Å². The molecule has 0 radical (unpaired) electrons. The van der Waals surface area contributed by atoms with Gasteiger partial charge in [0, 0.05) is 30.9 Å². The summed E-state index contributed by atoms with van der Waals surface area (Å²) in [6.07, 6.45) is 8.12. The molecule has 0 N–H and O–H groups in total. The third kappa shape index (κ3) is 3.57. The van der Waals surface area contributed by atoms with Gasteiger partial charge in [-0.3, -0.25) is 4.79 Å². The average Bonchev–Trinajstić information content (AvgIpc) is 3.23. The Labute approximate surface area is 153 Å². The van der Waals surface area contributed by atoms with Gasteiger partial charge >= 0.3 is 0 Å². The number of benzene rings is 2. The van der Waals surface area contributed by atoms with E-state index in [9.17, 15) is 4.79 Å². The second-order valence-corrected chi connectivity index (χ2v) is 6.72. The SMILES string of the molecule is O=C(CCOc1cccc2ccccc12)N1CCC[C@H](n2ccnc2)C1. The Morgan fingerprint density at radius 3 is 2.96 bits per heavy atom. The first-order chi connectivity index (χ1) is 12.8. The number of ether oxygens (including phenoxy) is 1. The number of piperidine rings is 1. The van der Waals surface area contributed by atoms with Crippen LogP contribution in [0, 0.1) is 0 Å². The minimum atomic E-state index is 0.162. The summed E-state index contributed by atoms with van der Waals surface area (Å²) in [6.45, 7) is 1.99. The molecule has 0 bridgehead atoms. The van der Waals surface area contributed by atoms with Gasteiger partial charge in [0.2, 0.25) is 5.91 Å². The summed E-state index contributed by atoms with van der Waals surface area (Å²) in [5.74, 6) is 1.00. The minimum Gasteiger partial charge on any atom is -0.492 e. The molecule has 1 atom stereocenters. The molecule has 2 aromatic carbocycles. The van der Waals surface area contributed by atoms with Gasteiger partial charge in [-0.1, -0.05) is 36.4 Å². The molecular weight excluding hydrogens is 326 g/mol. The standard InChI is InChI=1S/C21H23N3O2/c25-21(23-12-4-7-18(15-23)24-13-11-22-16-24)10-14-26-20-9-3-6-17-5-1-2-8-19(17)20/h1-3,5-6,8-9,11,13,16,18H,4,7,10,12,14-15H2/t18-/m0/s1. The number of carbonyl (C=O) groups is 1. The average molecular weight is 349 g/mol. The number of rotatable bonds is 5. The molecule has 0 saturated carbocycles. The van der Waals surface area contributed by atoms with Crippen molar-refractivity contribution in [2.24, 2.45) is 0 Å². The molecule has 134 valence electrons. The lowest BCUT2D eigenvalue weighted by atomic mass is 10.1. The van der Waals surface area contributed by atoms with Gasteiger partial charge in [-0.15, -0.1) is 0 Å². The van der Waals surface area contributed by atoms with E-state index in [1.807, 2.05) is 47.8 Å². The van der Waals surface area contributed by atoms with Gasteiger partial charge in [-0.2, -0.15) is 0 Å². The number of aromatic nitrogens is 2. The van der Waals surface area contributed by atoms with Gasteiger partial charge in [-0.25, -0.2) is 4.98 Å². The number of hydrogen-bond acceptors (Lipinski definition) is 3. The molecule has 5 nitrogen and oxygen atoms in total. The second-order valence-electron chi connectivity index (χ2n) is 6.72. The Bertz CT molecular complexity index is 871. The van der Waals surface area contributed by atoms with Crippen molar-refractivity contribution in [3.05, 3.63) is 61.2 Å². The molecule has 2 heterocycles. The molecule has 3 aromatic rings. The van der Waals surface area contributed by atoms with Crippen LogP contribution in [0.25, 0.3) is 10.8 Å². The fraction of sp³-hybridized carbons (Fsp3) is 0.333. The fourth-order valence-electron chi connectivity index (χ4n) is 3.64. The van der Waals surface area contributed by atoms with E-state index in [2.05, 4.69) is 21.7 Å².